The van der Waals surface area contributed by atoms with Gasteiger partial charge in [0.2, 0.25) is 5.91 Å². The summed E-state index contributed by atoms with van der Waals surface area (Å²) >= 11 is 0. The molecule has 0 aromatic carbocycles. The van der Waals surface area contributed by atoms with Crippen molar-refractivity contribution in [1.82, 2.24) is 9.62 Å². The molecular formula is C6H9ClN2O4S. The first-order valence-corrected chi connectivity index (χ1v) is 5.71. The molecular weight excluding hydrogens is 232 g/mol. The molecule has 8 heteroatoms. The van der Waals surface area contributed by atoms with E-state index >= 15 is 0 Å². The number of amides is 2. The Balaban J connectivity index is 4.27. The molecule has 0 atom stereocenters. The monoisotopic (exact) mass is 240 g/mol. The second kappa shape index (κ2) is 4.97. The number of hydrogen-bond donors (Lipinski definition) is 1. The van der Waals surface area contributed by atoms with Crippen LogP contribution in [-0.2, 0) is 18.8 Å². The smallest absolute Gasteiger partial charge is 0.321 e. The molecule has 0 aliphatic heterocycles. The third kappa shape index (κ3) is 6.44. The van der Waals surface area contributed by atoms with Crippen molar-refractivity contribution in [1.29, 1.82) is 0 Å². The van der Waals surface area contributed by atoms with Gasteiger partial charge in [0.25, 0.3) is 5.91 Å². The van der Waals surface area contributed by atoms with Gasteiger partial charge in [-0.3, -0.25) is 9.59 Å². The molecule has 0 aliphatic carbocycles. The first kappa shape index (κ1) is 12.9. The van der Waals surface area contributed by atoms with Crippen LogP contribution in [0.4, 0.5) is 0 Å². The zero-order valence-corrected chi connectivity index (χ0v) is 9.09. The van der Waals surface area contributed by atoms with E-state index in [9.17, 15) is 18.0 Å². The molecule has 14 heavy (non-hydrogen) atoms. The van der Waals surface area contributed by atoms with E-state index in [1.165, 1.54) is 18.7 Å². The Morgan fingerprint density at radius 3 is 2.29 bits per heavy atom. The van der Waals surface area contributed by atoms with Gasteiger partial charge in [-0.2, -0.15) is 8.42 Å². The van der Waals surface area contributed by atoms with Crippen LogP contribution in [-0.4, -0.2) is 32.2 Å². The fourth-order valence-electron chi connectivity index (χ4n) is 0.439. The summed E-state index contributed by atoms with van der Waals surface area (Å²) in [5, 5.41) is 0. The van der Waals surface area contributed by atoms with Crippen LogP contribution in [0, 0.1) is 0 Å². The Morgan fingerprint density at radius 2 is 1.93 bits per heavy atom. The minimum absolute atomic E-state index is 0.289. The molecule has 0 heterocycles. The number of carbonyl (C=O) groups is 2. The lowest BCUT2D eigenvalue weighted by Gasteiger charge is -2.06. The Labute approximate surface area is 86.1 Å². The Hall–Kier alpha value is -1.08. The third-order valence-electron chi connectivity index (χ3n) is 1.17. The van der Waals surface area contributed by atoms with Gasteiger partial charge in [0.05, 0.1) is 0 Å². The van der Waals surface area contributed by atoms with Crippen LogP contribution in [0.2, 0.25) is 0 Å². The highest BCUT2D eigenvalue weighted by molar-refractivity contribution is 8.12. The maximum atomic E-state index is 10.8. The van der Waals surface area contributed by atoms with Gasteiger partial charge in [0, 0.05) is 36.9 Å². The average molecular weight is 241 g/mol. The summed E-state index contributed by atoms with van der Waals surface area (Å²) in [6.45, 7) is 1.29. The van der Waals surface area contributed by atoms with Gasteiger partial charge in [-0.1, -0.05) is 0 Å². The Morgan fingerprint density at radius 1 is 1.43 bits per heavy atom. The molecule has 0 fully saturated rings. The van der Waals surface area contributed by atoms with Crippen molar-refractivity contribution in [2.75, 3.05) is 7.05 Å². The molecule has 0 radical (unpaired) electrons. The summed E-state index contributed by atoms with van der Waals surface area (Å²) in [5.41, 5.74) is 0. The standard InChI is InChI=1S/C6H9ClN2O4S/c1-5(10)9(2)4-3-6(11)8-14(7,12)13/h3-4H,1-2H3,(H,8,11)/b4-3+. The number of rotatable bonds is 3. The first-order valence-electron chi connectivity index (χ1n) is 3.40. The molecule has 1 N–H and O–H groups in total. The van der Waals surface area contributed by atoms with Gasteiger partial charge >= 0.3 is 9.24 Å². The minimum atomic E-state index is -4.07. The van der Waals surface area contributed by atoms with E-state index in [1.807, 2.05) is 0 Å². The number of hydrogen-bond acceptors (Lipinski definition) is 4. The first-order chi connectivity index (χ1) is 6.22. The molecule has 0 saturated carbocycles. The van der Waals surface area contributed by atoms with Gasteiger partial charge in [0.15, 0.2) is 0 Å². The zero-order valence-electron chi connectivity index (χ0n) is 7.52. The van der Waals surface area contributed by atoms with Crippen molar-refractivity contribution >= 4 is 31.7 Å². The van der Waals surface area contributed by atoms with E-state index in [0.29, 0.717) is 0 Å². The van der Waals surface area contributed by atoms with Gasteiger partial charge in [-0.05, 0) is 0 Å². The Kier molecular flexibility index (Phi) is 4.58. The van der Waals surface area contributed by atoms with E-state index in [-0.39, 0.29) is 5.91 Å². The molecule has 0 spiro atoms. The largest absolute Gasteiger partial charge is 0.322 e. The van der Waals surface area contributed by atoms with Gasteiger partial charge in [-0.25, -0.2) is 4.72 Å². The van der Waals surface area contributed by atoms with Crippen LogP contribution in [0.15, 0.2) is 12.3 Å². The molecule has 0 bridgehead atoms. The lowest BCUT2D eigenvalue weighted by atomic mass is 10.5. The van der Waals surface area contributed by atoms with E-state index in [0.717, 1.165) is 17.2 Å². The predicted molar refractivity (Wildman–Crippen MR) is 50.5 cm³/mol. The normalized spacial score (nSPS) is 11.4. The molecule has 0 aromatic heterocycles. The van der Waals surface area contributed by atoms with Crippen LogP contribution in [0.3, 0.4) is 0 Å². The number of carbonyl (C=O) groups excluding carboxylic acids is 2. The van der Waals surface area contributed by atoms with Crippen LogP contribution >= 0.6 is 10.7 Å². The fraction of sp³-hybridized carbons (Fsp3) is 0.333. The SMILES string of the molecule is CC(=O)N(C)/C=C/C(=O)NS(=O)(=O)Cl. The number of nitrogens with zero attached hydrogens (tertiary/aromatic N) is 1. The lowest BCUT2D eigenvalue weighted by molar-refractivity contribution is -0.125. The maximum Gasteiger partial charge on any atom is 0.321 e. The summed E-state index contributed by atoms with van der Waals surface area (Å²) in [5.74, 6) is -1.21. The second-order valence-corrected chi connectivity index (χ2v) is 4.65. The van der Waals surface area contributed by atoms with Crippen molar-refractivity contribution in [3.63, 3.8) is 0 Å². The predicted octanol–water partition coefficient (Wildman–Crippen LogP) is -0.422. The summed E-state index contributed by atoms with van der Waals surface area (Å²) in [6.07, 6.45) is 2.00. The summed E-state index contributed by atoms with van der Waals surface area (Å²) in [4.78, 5) is 22.5. The van der Waals surface area contributed by atoms with Crippen molar-refractivity contribution < 1.29 is 18.0 Å². The van der Waals surface area contributed by atoms with Gasteiger partial charge in [-0.15, -0.1) is 0 Å². The topological polar surface area (TPSA) is 83.6 Å². The van der Waals surface area contributed by atoms with Crippen LogP contribution in [0.5, 0.6) is 0 Å². The summed E-state index contributed by atoms with van der Waals surface area (Å²) in [7, 11) is 2.08. The van der Waals surface area contributed by atoms with Gasteiger partial charge < -0.3 is 4.90 Å². The highest BCUT2D eigenvalue weighted by atomic mass is 35.7. The molecule has 0 saturated heterocycles. The maximum absolute atomic E-state index is 10.8. The summed E-state index contributed by atoms with van der Waals surface area (Å²) < 4.78 is 22.2. The van der Waals surface area contributed by atoms with Crippen molar-refractivity contribution in [3.05, 3.63) is 12.3 Å². The molecule has 0 aromatic rings. The van der Waals surface area contributed by atoms with Crippen molar-refractivity contribution in [2.45, 2.75) is 6.92 Å². The number of nitrogens with one attached hydrogen (secondary N) is 1. The van der Waals surface area contributed by atoms with Crippen LogP contribution < -0.4 is 4.72 Å². The highest BCUT2D eigenvalue weighted by Gasteiger charge is 2.07. The Bertz CT molecular complexity index is 362. The molecule has 0 rings (SSSR count). The quantitative estimate of drug-likeness (QED) is 0.536. The minimum Gasteiger partial charge on any atom is -0.322 e. The fourth-order valence-corrected chi connectivity index (χ4v) is 0.975. The van der Waals surface area contributed by atoms with E-state index in [4.69, 9.17) is 10.7 Å². The average Bonchev–Trinajstić information content (AvgIpc) is 1.96. The van der Waals surface area contributed by atoms with Crippen molar-refractivity contribution in [2.24, 2.45) is 0 Å². The highest BCUT2D eigenvalue weighted by Crippen LogP contribution is 1.91. The van der Waals surface area contributed by atoms with Crippen LogP contribution in [0.1, 0.15) is 6.92 Å². The van der Waals surface area contributed by atoms with Crippen LogP contribution in [0.25, 0.3) is 0 Å². The lowest BCUT2D eigenvalue weighted by Crippen LogP contribution is -2.25. The molecule has 0 unspecified atom stereocenters. The van der Waals surface area contributed by atoms with Crippen molar-refractivity contribution in [3.8, 4) is 0 Å². The van der Waals surface area contributed by atoms with E-state index in [2.05, 4.69) is 0 Å². The molecule has 6 nitrogen and oxygen atoms in total. The van der Waals surface area contributed by atoms with E-state index < -0.39 is 15.1 Å². The molecule has 2 amide bonds. The zero-order chi connectivity index (χ0) is 11.4. The molecule has 0 aliphatic rings. The second-order valence-electron chi connectivity index (χ2n) is 2.35. The number of halogens is 1. The third-order valence-corrected chi connectivity index (χ3v) is 1.85. The summed E-state index contributed by atoms with van der Waals surface area (Å²) in [6, 6.07) is 0. The van der Waals surface area contributed by atoms with Gasteiger partial charge in [0.1, 0.15) is 0 Å². The molecule has 80 valence electrons. The van der Waals surface area contributed by atoms with E-state index in [1.54, 1.807) is 0 Å².